The average molecular weight is 316 g/mol. The van der Waals surface area contributed by atoms with Crippen LogP contribution in [0.25, 0.3) is 0 Å². The van der Waals surface area contributed by atoms with Gasteiger partial charge in [-0.15, -0.1) is 0 Å². The van der Waals surface area contributed by atoms with Crippen LogP contribution in [0.15, 0.2) is 30.6 Å². The van der Waals surface area contributed by atoms with Crippen molar-refractivity contribution in [1.82, 2.24) is 9.80 Å². The van der Waals surface area contributed by atoms with E-state index in [1.807, 2.05) is 13.0 Å². The molecule has 0 spiro atoms. The zero-order valence-corrected chi connectivity index (χ0v) is 13.8. The Kier molecular flexibility index (Phi) is 4.41. The minimum absolute atomic E-state index is 0.176. The number of nitrogens with zero attached hydrogens (tertiary/aromatic N) is 4. The summed E-state index contributed by atoms with van der Waals surface area (Å²) in [5, 5.41) is 11.0. The molecule has 0 radical (unpaired) electrons. The Hall–Kier alpha value is -2.24. The van der Waals surface area contributed by atoms with Crippen molar-refractivity contribution in [2.45, 2.75) is 25.8 Å². The molecule has 6 heteroatoms. The fourth-order valence-corrected chi connectivity index (χ4v) is 3.42. The van der Waals surface area contributed by atoms with E-state index in [2.05, 4.69) is 34.1 Å². The van der Waals surface area contributed by atoms with Crippen LogP contribution in [0.3, 0.4) is 0 Å². The first kappa shape index (κ1) is 15.6. The summed E-state index contributed by atoms with van der Waals surface area (Å²) >= 11 is 0. The molecule has 0 bridgehead atoms. The summed E-state index contributed by atoms with van der Waals surface area (Å²) in [6.45, 7) is 6.07. The Morgan fingerprint density at radius 2 is 1.87 bits per heavy atom. The van der Waals surface area contributed by atoms with Crippen molar-refractivity contribution in [2.24, 2.45) is 0 Å². The number of benzene rings is 1. The fourth-order valence-electron chi connectivity index (χ4n) is 3.42. The molecule has 2 aliphatic heterocycles. The number of piperidine rings is 1. The van der Waals surface area contributed by atoms with Crippen molar-refractivity contribution in [3.8, 4) is 0 Å². The maximum Gasteiger partial charge on any atom is 0.271 e. The van der Waals surface area contributed by atoms with Crippen LogP contribution in [-0.2, 0) is 0 Å². The van der Waals surface area contributed by atoms with E-state index in [9.17, 15) is 10.1 Å². The number of hydrogen-bond acceptors (Lipinski definition) is 5. The van der Waals surface area contributed by atoms with Gasteiger partial charge < -0.3 is 14.7 Å². The Bertz CT molecular complexity index is 609. The molecular formula is C17H24N4O2. The van der Waals surface area contributed by atoms with Gasteiger partial charge in [0.05, 0.1) is 4.92 Å². The highest BCUT2D eigenvalue weighted by Gasteiger charge is 2.25. The van der Waals surface area contributed by atoms with Gasteiger partial charge in [0.15, 0.2) is 0 Å². The summed E-state index contributed by atoms with van der Waals surface area (Å²) < 4.78 is 0. The molecule has 1 fully saturated rings. The third kappa shape index (κ3) is 3.41. The van der Waals surface area contributed by atoms with Gasteiger partial charge in [-0.1, -0.05) is 6.07 Å². The van der Waals surface area contributed by atoms with E-state index in [1.165, 1.54) is 0 Å². The van der Waals surface area contributed by atoms with Crippen LogP contribution in [0.5, 0.6) is 0 Å². The van der Waals surface area contributed by atoms with Gasteiger partial charge in [-0.25, -0.2) is 0 Å². The van der Waals surface area contributed by atoms with Crippen molar-refractivity contribution in [3.63, 3.8) is 0 Å². The standard InChI is InChI=1S/C17H24N4O2/c1-14-3-4-16(21(22)23)13-17(14)20-7-5-15(6-8-20)19-11-9-18(2)10-12-19/h3-4,9,11,13,15H,5-8,10,12H2,1-2H3. The van der Waals surface area contributed by atoms with Crippen molar-refractivity contribution >= 4 is 11.4 Å². The molecule has 3 rings (SSSR count). The van der Waals surface area contributed by atoms with E-state index >= 15 is 0 Å². The molecule has 0 N–H and O–H groups in total. The van der Waals surface area contributed by atoms with Gasteiger partial charge >= 0.3 is 0 Å². The molecular weight excluding hydrogens is 292 g/mol. The number of non-ortho nitro benzene ring substituents is 1. The summed E-state index contributed by atoms with van der Waals surface area (Å²) in [6, 6.07) is 5.73. The summed E-state index contributed by atoms with van der Waals surface area (Å²) in [6.07, 6.45) is 6.52. The monoisotopic (exact) mass is 316 g/mol. The van der Waals surface area contributed by atoms with Crippen LogP contribution in [-0.4, -0.2) is 54.0 Å². The summed E-state index contributed by atoms with van der Waals surface area (Å²) in [5.74, 6) is 0. The highest BCUT2D eigenvalue weighted by atomic mass is 16.6. The molecule has 0 atom stereocenters. The molecule has 1 aromatic carbocycles. The Morgan fingerprint density at radius 1 is 1.13 bits per heavy atom. The minimum Gasteiger partial charge on any atom is -0.377 e. The van der Waals surface area contributed by atoms with Crippen LogP contribution >= 0.6 is 0 Å². The first-order valence-corrected chi connectivity index (χ1v) is 8.19. The molecule has 0 aromatic heterocycles. The zero-order chi connectivity index (χ0) is 16.4. The molecule has 0 amide bonds. The second kappa shape index (κ2) is 6.48. The van der Waals surface area contributed by atoms with Gasteiger partial charge in [-0.3, -0.25) is 10.1 Å². The Labute approximate surface area is 137 Å². The minimum atomic E-state index is -0.315. The van der Waals surface area contributed by atoms with Crippen LogP contribution in [0.4, 0.5) is 11.4 Å². The van der Waals surface area contributed by atoms with Crippen LogP contribution in [0, 0.1) is 17.0 Å². The molecule has 1 aromatic rings. The topological polar surface area (TPSA) is 52.9 Å². The molecule has 2 aliphatic rings. The highest BCUT2D eigenvalue weighted by molar-refractivity contribution is 5.59. The van der Waals surface area contributed by atoms with Crippen molar-refractivity contribution in [2.75, 3.05) is 38.1 Å². The van der Waals surface area contributed by atoms with E-state index in [1.54, 1.807) is 12.1 Å². The number of aryl methyl sites for hydroxylation is 1. The first-order valence-electron chi connectivity index (χ1n) is 8.19. The van der Waals surface area contributed by atoms with Gasteiger partial charge in [0.1, 0.15) is 0 Å². The molecule has 23 heavy (non-hydrogen) atoms. The predicted molar refractivity (Wildman–Crippen MR) is 91.5 cm³/mol. The molecule has 0 unspecified atom stereocenters. The number of rotatable bonds is 3. The third-order valence-electron chi connectivity index (χ3n) is 4.90. The maximum atomic E-state index is 11.0. The lowest BCUT2D eigenvalue weighted by molar-refractivity contribution is -0.384. The van der Waals surface area contributed by atoms with Crippen LogP contribution < -0.4 is 4.90 Å². The number of likely N-dealkylation sites (N-methyl/N-ethyl adjacent to an activating group) is 1. The quantitative estimate of drug-likeness (QED) is 0.634. The van der Waals surface area contributed by atoms with Gasteiger partial charge in [0.25, 0.3) is 5.69 Å². The lowest BCUT2D eigenvalue weighted by atomic mass is 10.0. The largest absolute Gasteiger partial charge is 0.377 e. The second-order valence-electron chi connectivity index (χ2n) is 6.46. The second-order valence-corrected chi connectivity index (χ2v) is 6.46. The third-order valence-corrected chi connectivity index (χ3v) is 4.90. The zero-order valence-electron chi connectivity index (χ0n) is 13.8. The van der Waals surface area contributed by atoms with Crippen molar-refractivity contribution < 1.29 is 4.92 Å². The maximum absolute atomic E-state index is 11.0. The van der Waals surface area contributed by atoms with Gasteiger partial charge in [0, 0.05) is 69.5 Å². The summed E-state index contributed by atoms with van der Waals surface area (Å²) in [4.78, 5) is 17.6. The van der Waals surface area contributed by atoms with Crippen LogP contribution in [0.1, 0.15) is 18.4 Å². The fraction of sp³-hybridized carbons (Fsp3) is 0.529. The number of hydrogen-bond donors (Lipinski definition) is 0. The average Bonchev–Trinajstić information content (AvgIpc) is 2.56. The van der Waals surface area contributed by atoms with Gasteiger partial charge in [-0.2, -0.15) is 0 Å². The smallest absolute Gasteiger partial charge is 0.271 e. The lowest BCUT2D eigenvalue weighted by Crippen LogP contribution is -2.46. The van der Waals surface area contributed by atoms with Crippen molar-refractivity contribution in [1.29, 1.82) is 0 Å². The number of nitro groups is 1. The highest BCUT2D eigenvalue weighted by Crippen LogP contribution is 2.29. The normalized spacial score (nSPS) is 19.3. The van der Waals surface area contributed by atoms with E-state index in [0.717, 1.165) is 50.3 Å². The molecule has 124 valence electrons. The lowest BCUT2D eigenvalue weighted by Gasteiger charge is -2.41. The summed E-state index contributed by atoms with van der Waals surface area (Å²) in [5.41, 5.74) is 2.29. The molecule has 0 saturated carbocycles. The first-order chi connectivity index (χ1) is 11.0. The van der Waals surface area contributed by atoms with E-state index < -0.39 is 0 Å². The molecule has 2 heterocycles. The van der Waals surface area contributed by atoms with Crippen molar-refractivity contribution in [3.05, 3.63) is 46.3 Å². The number of anilines is 1. The Morgan fingerprint density at radius 3 is 2.48 bits per heavy atom. The molecule has 1 saturated heterocycles. The van der Waals surface area contributed by atoms with E-state index in [-0.39, 0.29) is 10.6 Å². The SMILES string of the molecule is Cc1ccc([N+](=O)[O-])cc1N1CCC(N2C=CN(C)CC2)CC1. The summed E-state index contributed by atoms with van der Waals surface area (Å²) in [7, 11) is 2.10. The van der Waals surface area contributed by atoms with Crippen LogP contribution in [0.2, 0.25) is 0 Å². The van der Waals surface area contributed by atoms with Gasteiger partial charge in [-0.05, 0) is 25.3 Å². The van der Waals surface area contributed by atoms with E-state index in [4.69, 9.17) is 0 Å². The Balaban J connectivity index is 1.66. The number of nitro benzene ring substituents is 1. The predicted octanol–water partition coefficient (Wildman–Crippen LogP) is 2.59. The van der Waals surface area contributed by atoms with E-state index in [0.29, 0.717) is 6.04 Å². The molecule has 6 nitrogen and oxygen atoms in total. The molecule has 0 aliphatic carbocycles. The van der Waals surface area contributed by atoms with Gasteiger partial charge in [0.2, 0.25) is 0 Å².